The molecule has 0 unspecified atom stereocenters. The molecule has 0 N–H and O–H groups in total. The van der Waals surface area contributed by atoms with E-state index in [2.05, 4.69) is 0 Å². The lowest BCUT2D eigenvalue weighted by Gasteiger charge is -2.32. The zero-order valence-corrected chi connectivity index (χ0v) is 16.8. The Hall–Kier alpha value is -3.75. The maximum Gasteiger partial charge on any atom is 0.420 e. The number of hydrogen-bond donors (Lipinski definition) is 0. The molecular weight excluding hydrogens is 404 g/mol. The van der Waals surface area contributed by atoms with Gasteiger partial charge < -0.3 is 23.5 Å². The van der Waals surface area contributed by atoms with Crippen LogP contribution in [0.25, 0.3) is 11.1 Å². The molecule has 1 saturated heterocycles. The van der Waals surface area contributed by atoms with Crippen molar-refractivity contribution in [2.24, 2.45) is 0 Å². The SMILES string of the molecule is COC(=O)c1ccc2oc(=O)n(C3CCN(C(=O)c4ccc5c(c4)OCO5)CC3)c2c1. The summed E-state index contributed by atoms with van der Waals surface area (Å²) in [5.41, 5.74) is 1.85. The molecule has 3 aromatic rings. The van der Waals surface area contributed by atoms with Crippen LogP contribution in [0.4, 0.5) is 0 Å². The molecule has 3 heterocycles. The van der Waals surface area contributed by atoms with Gasteiger partial charge in [0.2, 0.25) is 6.79 Å². The van der Waals surface area contributed by atoms with Crippen molar-refractivity contribution >= 4 is 23.0 Å². The Morgan fingerprint density at radius 3 is 2.52 bits per heavy atom. The first-order valence-electron chi connectivity index (χ1n) is 9.97. The average molecular weight is 424 g/mol. The van der Waals surface area contributed by atoms with E-state index in [0.717, 1.165) is 0 Å². The number of rotatable bonds is 3. The van der Waals surface area contributed by atoms with E-state index in [0.29, 0.717) is 59.7 Å². The van der Waals surface area contributed by atoms with E-state index in [1.807, 2.05) is 0 Å². The molecule has 2 aliphatic heterocycles. The number of hydrogen-bond acceptors (Lipinski definition) is 7. The fraction of sp³-hybridized carbons (Fsp3) is 0.318. The van der Waals surface area contributed by atoms with Crippen LogP contribution in [0, 0.1) is 0 Å². The first-order chi connectivity index (χ1) is 15.0. The zero-order chi connectivity index (χ0) is 21.5. The van der Waals surface area contributed by atoms with E-state index in [9.17, 15) is 14.4 Å². The number of piperidine rings is 1. The van der Waals surface area contributed by atoms with Gasteiger partial charge in [-0.3, -0.25) is 9.36 Å². The Morgan fingerprint density at radius 2 is 1.74 bits per heavy atom. The van der Waals surface area contributed by atoms with Crippen molar-refractivity contribution in [2.45, 2.75) is 18.9 Å². The highest BCUT2D eigenvalue weighted by Crippen LogP contribution is 2.33. The molecule has 0 saturated carbocycles. The third kappa shape index (κ3) is 3.31. The van der Waals surface area contributed by atoms with Crippen molar-refractivity contribution in [3.63, 3.8) is 0 Å². The Labute approximate surface area is 176 Å². The smallest absolute Gasteiger partial charge is 0.420 e. The number of amides is 1. The summed E-state index contributed by atoms with van der Waals surface area (Å²) in [6.07, 6.45) is 1.18. The normalized spacial score (nSPS) is 16.0. The second kappa shape index (κ2) is 7.50. The summed E-state index contributed by atoms with van der Waals surface area (Å²) in [6.45, 7) is 1.14. The van der Waals surface area contributed by atoms with Gasteiger partial charge in [0, 0.05) is 24.7 Å². The van der Waals surface area contributed by atoms with Crippen molar-refractivity contribution in [2.75, 3.05) is 27.0 Å². The molecule has 0 atom stereocenters. The summed E-state index contributed by atoms with van der Waals surface area (Å²) in [4.78, 5) is 39.1. The third-order valence-corrected chi connectivity index (χ3v) is 5.77. The van der Waals surface area contributed by atoms with E-state index >= 15 is 0 Å². The molecule has 2 aromatic carbocycles. The molecule has 2 aliphatic rings. The van der Waals surface area contributed by atoms with Crippen LogP contribution in [0.15, 0.2) is 45.6 Å². The van der Waals surface area contributed by atoms with E-state index in [-0.39, 0.29) is 18.7 Å². The molecule has 9 heteroatoms. The minimum absolute atomic E-state index is 0.0888. The summed E-state index contributed by atoms with van der Waals surface area (Å²) < 4.78 is 22.3. The van der Waals surface area contributed by atoms with Crippen molar-refractivity contribution in [1.29, 1.82) is 0 Å². The molecule has 31 heavy (non-hydrogen) atoms. The van der Waals surface area contributed by atoms with Gasteiger partial charge in [0.05, 0.1) is 18.2 Å². The topological polar surface area (TPSA) is 100 Å². The maximum absolute atomic E-state index is 12.9. The van der Waals surface area contributed by atoms with Gasteiger partial charge in [0.1, 0.15) is 0 Å². The van der Waals surface area contributed by atoms with Crippen LogP contribution in [0.5, 0.6) is 11.5 Å². The Morgan fingerprint density at radius 1 is 1.00 bits per heavy atom. The lowest BCUT2D eigenvalue weighted by molar-refractivity contribution is 0.0600. The van der Waals surface area contributed by atoms with Gasteiger partial charge in [-0.2, -0.15) is 0 Å². The fourth-order valence-corrected chi connectivity index (χ4v) is 4.16. The third-order valence-electron chi connectivity index (χ3n) is 5.77. The molecule has 9 nitrogen and oxygen atoms in total. The van der Waals surface area contributed by atoms with Crippen LogP contribution in [0.3, 0.4) is 0 Å². The Balaban J connectivity index is 1.35. The number of likely N-dealkylation sites (tertiary alicyclic amines) is 1. The molecule has 5 rings (SSSR count). The summed E-state index contributed by atoms with van der Waals surface area (Å²) in [5.74, 6) is 0.157. The van der Waals surface area contributed by atoms with Crippen LogP contribution < -0.4 is 15.2 Å². The van der Waals surface area contributed by atoms with Crippen molar-refractivity contribution in [1.82, 2.24) is 9.47 Å². The van der Waals surface area contributed by atoms with Gasteiger partial charge in [0.25, 0.3) is 5.91 Å². The molecule has 1 amide bonds. The van der Waals surface area contributed by atoms with Gasteiger partial charge in [0.15, 0.2) is 17.1 Å². The maximum atomic E-state index is 12.9. The minimum Gasteiger partial charge on any atom is -0.465 e. The highest BCUT2D eigenvalue weighted by molar-refractivity contribution is 5.95. The lowest BCUT2D eigenvalue weighted by atomic mass is 10.0. The van der Waals surface area contributed by atoms with E-state index in [1.54, 1.807) is 45.9 Å². The fourth-order valence-electron chi connectivity index (χ4n) is 4.16. The predicted molar refractivity (Wildman–Crippen MR) is 109 cm³/mol. The Bertz CT molecular complexity index is 1230. The highest BCUT2D eigenvalue weighted by Gasteiger charge is 2.28. The molecule has 0 aliphatic carbocycles. The van der Waals surface area contributed by atoms with Crippen molar-refractivity contribution in [3.8, 4) is 11.5 Å². The van der Waals surface area contributed by atoms with Crippen LogP contribution in [-0.4, -0.2) is 48.3 Å². The summed E-state index contributed by atoms with van der Waals surface area (Å²) >= 11 is 0. The molecule has 1 aromatic heterocycles. The van der Waals surface area contributed by atoms with Gasteiger partial charge in [-0.25, -0.2) is 9.59 Å². The molecular formula is C22H20N2O7. The largest absolute Gasteiger partial charge is 0.465 e. The summed E-state index contributed by atoms with van der Waals surface area (Å²) in [5, 5.41) is 0. The van der Waals surface area contributed by atoms with Gasteiger partial charge in [-0.1, -0.05) is 0 Å². The number of aromatic nitrogens is 1. The number of esters is 1. The van der Waals surface area contributed by atoms with Crippen LogP contribution >= 0.6 is 0 Å². The number of oxazole rings is 1. The number of nitrogens with zero attached hydrogens (tertiary/aromatic N) is 2. The molecule has 160 valence electrons. The van der Waals surface area contributed by atoms with Crippen LogP contribution in [0.1, 0.15) is 39.6 Å². The molecule has 0 bridgehead atoms. The number of ether oxygens (including phenoxy) is 3. The number of carbonyl (C=O) groups excluding carboxylic acids is 2. The van der Waals surface area contributed by atoms with Crippen molar-refractivity contribution in [3.05, 3.63) is 58.1 Å². The van der Waals surface area contributed by atoms with Crippen LogP contribution in [0.2, 0.25) is 0 Å². The van der Waals surface area contributed by atoms with Crippen LogP contribution in [-0.2, 0) is 4.74 Å². The zero-order valence-electron chi connectivity index (χ0n) is 16.8. The lowest BCUT2D eigenvalue weighted by Crippen LogP contribution is -2.40. The predicted octanol–water partition coefficient (Wildman–Crippen LogP) is 2.59. The first kappa shape index (κ1) is 19.2. The van der Waals surface area contributed by atoms with Gasteiger partial charge in [-0.05, 0) is 49.2 Å². The molecule has 0 spiro atoms. The molecule has 1 fully saturated rings. The summed E-state index contributed by atoms with van der Waals surface area (Å²) in [6, 6.07) is 9.78. The number of benzene rings is 2. The van der Waals surface area contributed by atoms with E-state index in [1.165, 1.54) is 7.11 Å². The van der Waals surface area contributed by atoms with Crippen molar-refractivity contribution < 1.29 is 28.2 Å². The number of carbonyl (C=O) groups is 2. The second-order valence-electron chi connectivity index (χ2n) is 7.50. The first-order valence-corrected chi connectivity index (χ1v) is 9.97. The average Bonchev–Trinajstić information content (AvgIpc) is 3.40. The standard InChI is InChI=1S/C22H20N2O7/c1-28-21(26)14-3-4-17-16(10-14)24(22(27)31-17)15-6-8-23(9-7-15)20(25)13-2-5-18-19(11-13)30-12-29-18/h2-5,10-11,15H,6-9,12H2,1H3. The quantitative estimate of drug-likeness (QED) is 0.596. The van der Waals surface area contributed by atoms with Gasteiger partial charge in [-0.15, -0.1) is 0 Å². The highest BCUT2D eigenvalue weighted by atomic mass is 16.7. The number of methoxy groups -OCH3 is 1. The second-order valence-corrected chi connectivity index (χ2v) is 7.50. The number of fused-ring (bicyclic) bond motifs is 2. The minimum atomic E-state index is -0.480. The summed E-state index contributed by atoms with van der Waals surface area (Å²) in [7, 11) is 1.31. The monoisotopic (exact) mass is 424 g/mol. The van der Waals surface area contributed by atoms with E-state index in [4.69, 9.17) is 18.6 Å². The molecule has 0 radical (unpaired) electrons. The van der Waals surface area contributed by atoms with Gasteiger partial charge >= 0.3 is 11.7 Å². The Kier molecular flexibility index (Phi) is 4.65. The van der Waals surface area contributed by atoms with E-state index < -0.39 is 11.7 Å².